The molecule has 0 bridgehead atoms. The van der Waals surface area contributed by atoms with Crippen molar-refractivity contribution < 1.29 is 31.8 Å². The molecular formula is C24H26F2N2O5S. The molecule has 1 fully saturated rings. The topological polar surface area (TPSA) is 87.2 Å². The third kappa shape index (κ3) is 3.30. The highest BCUT2D eigenvalue weighted by Gasteiger charge is 2.45. The smallest absolute Gasteiger partial charge is 0.338 e. The van der Waals surface area contributed by atoms with Gasteiger partial charge < -0.3 is 14.7 Å². The number of hydrogen-bond acceptors (Lipinski definition) is 5. The van der Waals surface area contributed by atoms with E-state index in [4.69, 9.17) is 4.74 Å². The lowest BCUT2D eigenvalue weighted by molar-refractivity contribution is 0.0690. The van der Waals surface area contributed by atoms with Crippen LogP contribution < -0.4 is 9.64 Å². The highest BCUT2D eigenvalue weighted by Crippen LogP contribution is 2.49. The lowest BCUT2D eigenvalue weighted by Crippen LogP contribution is -2.58. The van der Waals surface area contributed by atoms with Gasteiger partial charge in [-0.15, -0.1) is 0 Å². The van der Waals surface area contributed by atoms with Gasteiger partial charge in [0, 0.05) is 30.3 Å². The maximum Gasteiger partial charge on any atom is 0.338 e. The Labute approximate surface area is 197 Å². The van der Waals surface area contributed by atoms with Crippen molar-refractivity contribution in [2.75, 3.05) is 11.9 Å². The number of nitrogens with zero attached hydrogens (tertiary/aromatic N) is 2. The summed E-state index contributed by atoms with van der Waals surface area (Å²) >= 11 is 0. The summed E-state index contributed by atoms with van der Waals surface area (Å²) < 4.78 is 63.3. The van der Waals surface area contributed by atoms with Gasteiger partial charge in [-0.2, -0.15) is 4.31 Å². The Hall–Kier alpha value is -2.72. The minimum atomic E-state index is -3.89. The summed E-state index contributed by atoms with van der Waals surface area (Å²) in [6.45, 7) is 3.82. The minimum Gasteiger partial charge on any atom is -0.488 e. The predicted octanol–water partition coefficient (Wildman–Crippen LogP) is 4.59. The van der Waals surface area contributed by atoms with Crippen molar-refractivity contribution in [1.29, 1.82) is 0 Å². The molecule has 2 aliphatic heterocycles. The number of carbonyl (C=O) groups is 1. The van der Waals surface area contributed by atoms with Crippen LogP contribution in [0, 0.1) is 17.6 Å². The van der Waals surface area contributed by atoms with Crippen LogP contribution >= 0.6 is 0 Å². The van der Waals surface area contributed by atoms with E-state index in [0.717, 1.165) is 25.3 Å². The molecule has 2 aromatic carbocycles. The molecule has 34 heavy (non-hydrogen) atoms. The third-order valence-corrected chi connectivity index (χ3v) is 8.97. The molecule has 2 aromatic rings. The number of rotatable bonds is 4. The molecule has 10 heteroatoms. The van der Waals surface area contributed by atoms with E-state index in [1.54, 1.807) is 13.1 Å². The van der Waals surface area contributed by atoms with Crippen molar-refractivity contribution in [2.45, 2.75) is 63.2 Å². The normalized spacial score (nSPS) is 21.4. The lowest BCUT2D eigenvalue weighted by Gasteiger charge is -2.51. The van der Waals surface area contributed by atoms with Gasteiger partial charge in [-0.05, 0) is 49.3 Å². The van der Waals surface area contributed by atoms with Gasteiger partial charge in [0.05, 0.1) is 17.4 Å². The van der Waals surface area contributed by atoms with Crippen LogP contribution in [0.1, 0.15) is 55.5 Å². The van der Waals surface area contributed by atoms with Crippen molar-refractivity contribution in [2.24, 2.45) is 5.92 Å². The quantitative estimate of drug-likeness (QED) is 0.672. The van der Waals surface area contributed by atoms with Gasteiger partial charge in [0.2, 0.25) is 10.0 Å². The number of ether oxygens (including phenoxy) is 1. The second kappa shape index (κ2) is 7.91. The molecule has 5 rings (SSSR count). The summed E-state index contributed by atoms with van der Waals surface area (Å²) in [5, 5.41) is 9.33. The zero-order valence-electron chi connectivity index (χ0n) is 19.1. The molecule has 7 nitrogen and oxygen atoms in total. The van der Waals surface area contributed by atoms with Gasteiger partial charge in [0.1, 0.15) is 17.3 Å². The summed E-state index contributed by atoms with van der Waals surface area (Å²) in [7, 11) is -2.33. The number of carboxylic acids is 1. The predicted molar refractivity (Wildman–Crippen MR) is 121 cm³/mol. The fourth-order valence-electron chi connectivity index (χ4n) is 5.08. The SMILES string of the molecule is CC(C)C[C@@H]1N(C2CCC2)c2cc3c(cc2S(=O)(=O)N1C)-c1cc(C(=O)O)c(F)c(F)c1CO3. The number of benzene rings is 2. The van der Waals surface area contributed by atoms with Crippen LogP contribution in [-0.4, -0.2) is 43.1 Å². The number of carboxylic acid groups (broad SMARTS) is 1. The Morgan fingerprint density at radius 1 is 1.18 bits per heavy atom. The highest BCUT2D eigenvalue weighted by atomic mass is 32.2. The molecule has 1 atom stereocenters. The molecule has 1 N–H and O–H groups in total. The number of hydrogen-bond donors (Lipinski definition) is 1. The minimum absolute atomic E-state index is 0.0544. The molecule has 0 radical (unpaired) electrons. The number of anilines is 1. The molecule has 0 spiro atoms. The van der Waals surface area contributed by atoms with E-state index in [-0.39, 0.29) is 46.3 Å². The van der Waals surface area contributed by atoms with Crippen LogP contribution in [0.3, 0.4) is 0 Å². The highest BCUT2D eigenvalue weighted by molar-refractivity contribution is 7.89. The summed E-state index contributed by atoms with van der Waals surface area (Å²) in [5.41, 5.74) is -0.0523. The summed E-state index contributed by atoms with van der Waals surface area (Å²) in [4.78, 5) is 13.7. The second-order valence-electron chi connectivity index (χ2n) is 9.61. The van der Waals surface area contributed by atoms with Crippen molar-refractivity contribution in [3.8, 4) is 16.9 Å². The van der Waals surface area contributed by atoms with Gasteiger partial charge in [-0.1, -0.05) is 13.8 Å². The molecule has 0 saturated heterocycles. The first-order valence-electron chi connectivity index (χ1n) is 11.3. The van der Waals surface area contributed by atoms with E-state index in [1.807, 2.05) is 0 Å². The van der Waals surface area contributed by atoms with E-state index in [9.17, 15) is 27.1 Å². The van der Waals surface area contributed by atoms with Crippen LogP contribution in [0.5, 0.6) is 5.75 Å². The molecule has 1 saturated carbocycles. The van der Waals surface area contributed by atoms with Crippen molar-refractivity contribution >= 4 is 21.7 Å². The van der Waals surface area contributed by atoms with Crippen LogP contribution in [0.25, 0.3) is 11.1 Å². The molecule has 3 aliphatic rings. The van der Waals surface area contributed by atoms with Gasteiger partial charge in [0.25, 0.3) is 0 Å². The van der Waals surface area contributed by atoms with Gasteiger partial charge in [0.15, 0.2) is 11.6 Å². The molecule has 0 unspecified atom stereocenters. The molecule has 182 valence electrons. The van der Waals surface area contributed by atoms with Crippen molar-refractivity contribution in [3.63, 3.8) is 0 Å². The van der Waals surface area contributed by atoms with E-state index < -0.39 is 33.2 Å². The Kier molecular flexibility index (Phi) is 5.36. The molecule has 0 amide bonds. The molecular weight excluding hydrogens is 466 g/mol. The maximum absolute atomic E-state index is 14.7. The Morgan fingerprint density at radius 2 is 1.88 bits per heavy atom. The summed E-state index contributed by atoms with van der Waals surface area (Å²) in [6.07, 6.45) is 3.28. The van der Waals surface area contributed by atoms with Gasteiger partial charge >= 0.3 is 5.97 Å². The van der Waals surface area contributed by atoms with E-state index >= 15 is 0 Å². The van der Waals surface area contributed by atoms with Crippen LogP contribution in [-0.2, 0) is 16.6 Å². The van der Waals surface area contributed by atoms with Crippen LogP contribution in [0.15, 0.2) is 23.1 Å². The number of fused-ring (bicyclic) bond motifs is 4. The number of sulfonamides is 1. The fraction of sp³-hybridized carbons (Fsp3) is 0.458. The van der Waals surface area contributed by atoms with E-state index in [1.165, 1.54) is 10.4 Å². The standard InChI is InChI=1S/C24H26F2N2O5S/c1-12(2)7-21-27(3)34(31,32)20-9-15-14-8-16(24(29)30)22(25)23(26)17(14)11-33-19(15)10-18(20)28(21)13-5-4-6-13/h8-10,12-13,21H,4-7,11H2,1-3H3,(H,29,30)/t21-/m0/s1. The molecule has 1 aliphatic carbocycles. The Morgan fingerprint density at radius 3 is 2.47 bits per heavy atom. The van der Waals surface area contributed by atoms with Gasteiger partial charge in [-0.25, -0.2) is 22.0 Å². The monoisotopic (exact) mass is 492 g/mol. The molecule has 0 aromatic heterocycles. The number of halogens is 2. The maximum atomic E-state index is 14.7. The first kappa shape index (κ1) is 23.0. The van der Waals surface area contributed by atoms with Crippen molar-refractivity contribution in [3.05, 3.63) is 41.0 Å². The first-order valence-corrected chi connectivity index (χ1v) is 12.8. The first-order chi connectivity index (χ1) is 16.0. The fourth-order valence-corrected chi connectivity index (χ4v) is 6.59. The van der Waals surface area contributed by atoms with E-state index in [2.05, 4.69) is 18.7 Å². The Balaban J connectivity index is 1.74. The lowest BCUT2D eigenvalue weighted by atomic mass is 9.89. The summed E-state index contributed by atoms with van der Waals surface area (Å²) in [5.74, 6) is -3.78. The zero-order chi connectivity index (χ0) is 24.5. The third-order valence-electron chi connectivity index (χ3n) is 7.09. The zero-order valence-corrected chi connectivity index (χ0v) is 20.0. The van der Waals surface area contributed by atoms with Crippen molar-refractivity contribution in [1.82, 2.24) is 4.31 Å². The largest absolute Gasteiger partial charge is 0.488 e. The van der Waals surface area contributed by atoms with Gasteiger partial charge in [-0.3, -0.25) is 0 Å². The number of aromatic carboxylic acids is 1. The second-order valence-corrected chi connectivity index (χ2v) is 11.6. The average Bonchev–Trinajstić information content (AvgIpc) is 2.74. The average molecular weight is 493 g/mol. The van der Waals surface area contributed by atoms with Crippen LogP contribution in [0.4, 0.5) is 14.5 Å². The summed E-state index contributed by atoms with van der Waals surface area (Å²) in [6, 6.07) is 4.31. The Bertz CT molecular complexity index is 1310. The van der Waals surface area contributed by atoms with Crippen LogP contribution in [0.2, 0.25) is 0 Å². The molecule has 2 heterocycles. The van der Waals surface area contributed by atoms with E-state index in [0.29, 0.717) is 17.9 Å².